The predicted octanol–water partition coefficient (Wildman–Crippen LogP) is 3.28. The fourth-order valence-corrected chi connectivity index (χ4v) is 2.61. The summed E-state index contributed by atoms with van der Waals surface area (Å²) in [5.41, 5.74) is 0.488. The number of hydrogen-bond donors (Lipinski definition) is 1. The summed E-state index contributed by atoms with van der Waals surface area (Å²) in [5, 5.41) is 14.3. The van der Waals surface area contributed by atoms with E-state index in [9.17, 15) is 18.0 Å². The molecule has 3 aromatic rings. The van der Waals surface area contributed by atoms with E-state index in [0.29, 0.717) is 6.54 Å². The van der Waals surface area contributed by atoms with Crippen LogP contribution in [0.5, 0.6) is 0 Å². The molecule has 1 N–H and O–H groups in total. The molecule has 1 aromatic heterocycles. The highest BCUT2D eigenvalue weighted by Crippen LogP contribution is 2.31. The molecule has 0 aliphatic heterocycles. The zero-order valence-corrected chi connectivity index (χ0v) is 15.0. The Morgan fingerprint density at radius 2 is 1.89 bits per heavy atom. The first kappa shape index (κ1) is 19.5. The van der Waals surface area contributed by atoms with Crippen LogP contribution < -0.4 is 5.32 Å². The van der Waals surface area contributed by atoms with Crippen LogP contribution in [0.3, 0.4) is 0 Å². The molecule has 0 aliphatic rings. The lowest BCUT2D eigenvalue weighted by molar-refractivity contribution is -0.137. The van der Waals surface area contributed by atoms with Crippen molar-refractivity contribution in [2.45, 2.75) is 25.6 Å². The van der Waals surface area contributed by atoms with E-state index in [0.717, 1.165) is 22.5 Å². The molecule has 146 valence electrons. The number of benzene rings is 2. The van der Waals surface area contributed by atoms with Crippen LogP contribution in [0.25, 0.3) is 11.4 Å². The SMILES string of the molecule is CC(CNC(=O)Cn1nnc(-c2cccc(C(F)(F)F)c2)n1)c1ccccc1. The lowest BCUT2D eigenvalue weighted by Gasteiger charge is -2.12. The number of amides is 1. The van der Waals surface area contributed by atoms with Crippen LogP contribution >= 0.6 is 0 Å². The Labute approximate surface area is 159 Å². The van der Waals surface area contributed by atoms with Gasteiger partial charge < -0.3 is 5.32 Å². The average molecular weight is 389 g/mol. The Kier molecular flexibility index (Phi) is 5.72. The number of carbonyl (C=O) groups is 1. The largest absolute Gasteiger partial charge is 0.416 e. The maximum Gasteiger partial charge on any atom is 0.416 e. The van der Waals surface area contributed by atoms with E-state index < -0.39 is 11.7 Å². The van der Waals surface area contributed by atoms with Crippen LogP contribution in [-0.2, 0) is 17.5 Å². The van der Waals surface area contributed by atoms with Gasteiger partial charge in [-0.15, -0.1) is 10.2 Å². The smallest absolute Gasteiger partial charge is 0.354 e. The first-order valence-corrected chi connectivity index (χ1v) is 8.60. The topological polar surface area (TPSA) is 72.7 Å². The molecule has 1 heterocycles. The van der Waals surface area contributed by atoms with Gasteiger partial charge in [0.1, 0.15) is 6.54 Å². The van der Waals surface area contributed by atoms with E-state index in [1.807, 2.05) is 37.3 Å². The maximum absolute atomic E-state index is 12.8. The lowest BCUT2D eigenvalue weighted by Crippen LogP contribution is -2.31. The molecule has 0 saturated carbocycles. The van der Waals surface area contributed by atoms with Crippen molar-refractivity contribution in [2.75, 3.05) is 6.54 Å². The maximum atomic E-state index is 12.8. The van der Waals surface area contributed by atoms with Crippen LogP contribution in [0.1, 0.15) is 24.0 Å². The van der Waals surface area contributed by atoms with Gasteiger partial charge in [-0.3, -0.25) is 4.79 Å². The highest BCUT2D eigenvalue weighted by Gasteiger charge is 2.30. The Hall–Kier alpha value is -3.23. The van der Waals surface area contributed by atoms with Crippen molar-refractivity contribution in [3.63, 3.8) is 0 Å². The van der Waals surface area contributed by atoms with Gasteiger partial charge >= 0.3 is 6.18 Å². The number of nitrogens with one attached hydrogen (secondary N) is 1. The van der Waals surface area contributed by atoms with Gasteiger partial charge in [-0.25, -0.2) is 0 Å². The normalized spacial score (nSPS) is 12.6. The predicted molar refractivity (Wildman–Crippen MR) is 96.1 cm³/mol. The minimum absolute atomic E-state index is 0.0246. The molecule has 1 unspecified atom stereocenters. The molecule has 0 fully saturated rings. The monoisotopic (exact) mass is 389 g/mol. The van der Waals surface area contributed by atoms with Gasteiger partial charge in [-0.05, 0) is 28.8 Å². The Morgan fingerprint density at radius 3 is 2.61 bits per heavy atom. The minimum atomic E-state index is -4.46. The highest BCUT2D eigenvalue weighted by molar-refractivity contribution is 5.75. The quantitative estimate of drug-likeness (QED) is 0.702. The second-order valence-electron chi connectivity index (χ2n) is 6.34. The summed E-state index contributed by atoms with van der Waals surface area (Å²) in [7, 11) is 0. The van der Waals surface area contributed by atoms with Crippen molar-refractivity contribution < 1.29 is 18.0 Å². The van der Waals surface area contributed by atoms with Crippen LogP contribution in [0.15, 0.2) is 54.6 Å². The molecule has 9 heteroatoms. The summed E-state index contributed by atoms with van der Waals surface area (Å²) >= 11 is 0. The Balaban J connectivity index is 1.59. The molecular formula is C19H18F3N5O. The first-order chi connectivity index (χ1) is 13.3. The molecule has 0 spiro atoms. The van der Waals surface area contributed by atoms with E-state index in [2.05, 4.69) is 20.7 Å². The standard InChI is InChI=1S/C19H18F3N5O/c1-13(14-6-3-2-4-7-14)11-23-17(28)12-27-25-18(24-26-27)15-8-5-9-16(10-15)19(20,21)22/h2-10,13H,11-12H2,1H3,(H,23,28). The zero-order valence-electron chi connectivity index (χ0n) is 15.0. The molecule has 1 atom stereocenters. The number of hydrogen-bond acceptors (Lipinski definition) is 4. The van der Waals surface area contributed by atoms with Gasteiger partial charge in [0.2, 0.25) is 11.7 Å². The second kappa shape index (κ2) is 8.20. The molecule has 0 saturated heterocycles. The Bertz CT molecular complexity index is 940. The lowest BCUT2D eigenvalue weighted by atomic mass is 10.0. The van der Waals surface area contributed by atoms with Crippen molar-refractivity contribution in [1.29, 1.82) is 0 Å². The van der Waals surface area contributed by atoms with Crippen molar-refractivity contribution in [3.05, 3.63) is 65.7 Å². The van der Waals surface area contributed by atoms with E-state index in [1.165, 1.54) is 12.1 Å². The van der Waals surface area contributed by atoms with E-state index >= 15 is 0 Å². The molecule has 6 nitrogen and oxygen atoms in total. The van der Waals surface area contributed by atoms with Crippen LogP contribution in [0.4, 0.5) is 13.2 Å². The van der Waals surface area contributed by atoms with Crippen molar-refractivity contribution in [3.8, 4) is 11.4 Å². The fraction of sp³-hybridized carbons (Fsp3) is 0.263. The van der Waals surface area contributed by atoms with Crippen molar-refractivity contribution in [2.24, 2.45) is 0 Å². The molecule has 2 aromatic carbocycles. The molecule has 3 rings (SSSR count). The zero-order chi connectivity index (χ0) is 20.1. The summed E-state index contributed by atoms with van der Waals surface area (Å²) in [4.78, 5) is 13.1. The van der Waals surface area contributed by atoms with Gasteiger partial charge in [-0.1, -0.05) is 49.4 Å². The molecule has 0 bridgehead atoms. The van der Waals surface area contributed by atoms with Crippen LogP contribution in [0.2, 0.25) is 0 Å². The minimum Gasteiger partial charge on any atom is -0.354 e. The number of nitrogens with zero attached hydrogens (tertiary/aromatic N) is 4. The fourth-order valence-electron chi connectivity index (χ4n) is 2.61. The highest BCUT2D eigenvalue weighted by atomic mass is 19.4. The van der Waals surface area contributed by atoms with Gasteiger partial charge in [-0.2, -0.15) is 18.0 Å². The number of tetrazole rings is 1. The van der Waals surface area contributed by atoms with Gasteiger partial charge in [0.05, 0.1) is 5.56 Å². The molecule has 1 amide bonds. The van der Waals surface area contributed by atoms with E-state index in [4.69, 9.17) is 0 Å². The van der Waals surface area contributed by atoms with E-state index in [1.54, 1.807) is 0 Å². The first-order valence-electron chi connectivity index (χ1n) is 8.60. The summed E-state index contributed by atoms with van der Waals surface area (Å²) in [5.74, 6) is -0.151. The van der Waals surface area contributed by atoms with Crippen LogP contribution in [-0.4, -0.2) is 32.7 Å². The summed E-state index contributed by atoms with van der Waals surface area (Å²) < 4.78 is 38.5. The number of aromatic nitrogens is 4. The number of carbonyl (C=O) groups excluding carboxylic acids is 1. The van der Waals surface area contributed by atoms with E-state index in [-0.39, 0.29) is 29.8 Å². The average Bonchev–Trinajstić information content (AvgIpc) is 3.14. The number of rotatable bonds is 6. The third-order valence-corrected chi connectivity index (χ3v) is 4.16. The molecule has 28 heavy (non-hydrogen) atoms. The molecular weight excluding hydrogens is 371 g/mol. The summed E-state index contributed by atoms with van der Waals surface area (Å²) in [6.45, 7) is 2.26. The third kappa shape index (κ3) is 4.93. The Morgan fingerprint density at radius 1 is 1.14 bits per heavy atom. The van der Waals surface area contributed by atoms with Crippen molar-refractivity contribution in [1.82, 2.24) is 25.5 Å². The van der Waals surface area contributed by atoms with Gasteiger partial charge in [0, 0.05) is 12.1 Å². The summed E-state index contributed by atoms with van der Waals surface area (Å²) in [6.07, 6.45) is -4.46. The van der Waals surface area contributed by atoms with Gasteiger partial charge in [0.25, 0.3) is 0 Å². The van der Waals surface area contributed by atoms with Crippen LogP contribution in [0, 0.1) is 0 Å². The van der Waals surface area contributed by atoms with Gasteiger partial charge in [0.15, 0.2) is 0 Å². The third-order valence-electron chi connectivity index (χ3n) is 4.16. The van der Waals surface area contributed by atoms with Crippen molar-refractivity contribution >= 4 is 5.91 Å². The molecule has 0 aliphatic carbocycles. The second-order valence-corrected chi connectivity index (χ2v) is 6.34. The number of alkyl halides is 3. The number of halogens is 3. The molecule has 0 radical (unpaired) electrons. The summed E-state index contributed by atoms with van der Waals surface area (Å²) in [6, 6.07) is 14.4.